The zero-order chi connectivity index (χ0) is 12.9. The Bertz CT molecular complexity index is 459. The maximum absolute atomic E-state index is 3.65. The summed E-state index contributed by atoms with van der Waals surface area (Å²) in [4.78, 5) is 0. The lowest BCUT2D eigenvalue weighted by atomic mass is 9.84. The molecule has 1 heterocycles. The standard InChI is InChI=1S/C17H20N2.2ClH/c1-3-7-14(8-4-1)17(15-9-5-2-6-10-15)16-13-18-11-12-19-16;;/h1-10,16-19H,11-13H2;2*1H. The Morgan fingerprint density at radius 1 is 0.762 bits per heavy atom. The van der Waals surface area contributed by atoms with Crippen molar-refractivity contribution in [1.29, 1.82) is 0 Å². The van der Waals surface area contributed by atoms with Gasteiger partial charge in [-0.05, 0) is 11.1 Å². The highest BCUT2D eigenvalue weighted by Gasteiger charge is 2.25. The molecular formula is C17H22Cl2N2. The molecule has 1 aliphatic rings. The number of hydrogen-bond donors (Lipinski definition) is 2. The van der Waals surface area contributed by atoms with Crippen LogP contribution in [0.2, 0.25) is 0 Å². The summed E-state index contributed by atoms with van der Waals surface area (Å²) < 4.78 is 0. The van der Waals surface area contributed by atoms with Gasteiger partial charge in [-0.15, -0.1) is 24.8 Å². The Labute approximate surface area is 139 Å². The Morgan fingerprint density at radius 2 is 1.29 bits per heavy atom. The highest BCUT2D eigenvalue weighted by molar-refractivity contribution is 5.85. The van der Waals surface area contributed by atoms with E-state index in [-0.39, 0.29) is 24.8 Å². The quantitative estimate of drug-likeness (QED) is 0.905. The Morgan fingerprint density at radius 3 is 1.71 bits per heavy atom. The average Bonchev–Trinajstić information content (AvgIpc) is 2.51. The maximum atomic E-state index is 3.65. The van der Waals surface area contributed by atoms with E-state index in [9.17, 15) is 0 Å². The third kappa shape index (κ3) is 4.45. The minimum Gasteiger partial charge on any atom is -0.314 e. The van der Waals surface area contributed by atoms with E-state index in [1.165, 1.54) is 11.1 Å². The summed E-state index contributed by atoms with van der Waals surface area (Å²) in [7, 11) is 0. The smallest absolute Gasteiger partial charge is 0.0302 e. The van der Waals surface area contributed by atoms with Crippen molar-refractivity contribution >= 4 is 24.8 Å². The largest absolute Gasteiger partial charge is 0.314 e. The summed E-state index contributed by atoms with van der Waals surface area (Å²) in [6.07, 6.45) is 0. The summed E-state index contributed by atoms with van der Waals surface area (Å²) in [6, 6.07) is 22.0. The van der Waals surface area contributed by atoms with Crippen LogP contribution in [0.5, 0.6) is 0 Å². The van der Waals surface area contributed by atoms with E-state index in [1.54, 1.807) is 0 Å². The first-order valence-electron chi connectivity index (χ1n) is 6.99. The Balaban J connectivity index is 0.00000110. The topological polar surface area (TPSA) is 24.1 Å². The zero-order valence-electron chi connectivity index (χ0n) is 11.9. The summed E-state index contributed by atoms with van der Waals surface area (Å²) in [6.45, 7) is 3.13. The van der Waals surface area contributed by atoms with Crippen molar-refractivity contribution in [3.63, 3.8) is 0 Å². The molecule has 2 N–H and O–H groups in total. The van der Waals surface area contributed by atoms with Gasteiger partial charge in [0, 0.05) is 31.6 Å². The summed E-state index contributed by atoms with van der Waals surface area (Å²) >= 11 is 0. The molecule has 2 aromatic carbocycles. The predicted molar refractivity (Wildman–Crippen MR) is 93.9 cm³/mol. The summed E-state index contributed by atoms with van der Waals surface area (Å²) in [5, 5.41) is 7.15. The molecule has 0 bridgehead atoms. The minimum atomic E-state index is 0. The second kappa shape index (κ2) is 9.06. The third-order valence-electron chi connectivity index (χ3n) is 3.79. The molecule has 2 aromatic rings. The van der Waals surface area contributed by atoms with Gasteiger partial charge in [0.25, 0.3) is 0 Å². The fourth-order valence-electron chi connectivity index (χ4n) is 2.89. The number of rotatable bonds is 3. The van der Waals surface area contributed by atoms with Crippen LogP contribution in [0.1, 0.15) is 17.0 Å². The molecule has 1 fully saturated rings. The fraction of sp³-hybridized carbons (Fsp3) is 0.294. The molecule has 0 amide bonds. The predicted octanol–water partition coefficient (Wildman–Crippen LogP) is 3.22. The van der Waals surface area contributed by atoms with Gasteiger partial charge < -0.3 is 10.6 Å². The van der Waals surface area contributed by atoms with Gasteiger partial charge in [0.15, 0.2) is 0 Å². The van der Waals surface area contributed by atoms with Crippen molar-refractivity contribution < 1.29 is 0 Å². The van der Waals surface area contributed by atoms with E-state index in [0.29, 0.717) is 12.0 Å². The van der Waals surface area contributed by atoms with Crippen LogP contribution in [0.4, 0.5) is 0 Å². The number of piperazine rings is 1. The van der Waals surface area contributed by atoms with Crippen LogP contribution in [0.25, 0.3) is 0 Å². The zero-order valence-corrected chi connectivity index (χ0v) is 13.5. The van der Waals surface area contributed by atoms with E-state index >= 15 is 0 Å². The number of halogens is 2. The number of benzene rings is 2. The van der Waals surface area contributed by atoms with Crippen LogP contribution >= 0.6 is 24.8 Å². The fourth-order valence-corrected chi connectivity index (χ4v) is 2.89. The normalized spacial score (nSPS) is 17.7. The Kier molecular flexibility index (Phi) is 7.76. The highest BCUT2D eigenvalue weighted by Crippen LogP contribution is 2.28. The molecule has 0 aliphatic carbocycles. The molecule has 2 nitrogen and oxygen atoms in total. The van der Waals surface area contributed by atoms with Crippen molar-refractivity contribution in [2.24, 2.45) is 0 Å². The van der Waals surface area contributed by atoms with Crippen molar-refractivity contribution in [3.05, 3.63) is 71.8 Å². The van der Waals surface area contributed by atoms with E-state index in [1.807, 2.05) is 0 Å². The molecule has 21 heavy (non-hydrogen) atoms. The molecule has 1 atom stereocenters. The van der Waals surface area contributed by atoms with E-state index < -0.39 is 0 Å². The van der Waals surface area contributed by atoms with Gasteiger partial charge in [-0.2, -0.15) is 0 Å². The second-order valence-electron chi connectivity index (χ2n) is 5.06. The van der Waals surface area contributed by atoms with Crippen molar-refractivity contribution in [3.8, 4) is 0 Å². The Hall–Kier alpha value is -1.06. The SMILES string of the molecule is Cl.Cl.c1ccc(C(c2ccccc2)C2CNCCN2)cc1. The molecule has 0 saturated carbocycles. The van der Waals surface area contributed by atoms with Crippen LogP contribution in [0.3, 0.4) is 0 Å². The first-order valence-corrected chi connectivity index (χ1v) is 6.99. The van der Waals surface area contributed by atoms with Crippen LogP contribution in [0.15, 0.2) is 60.7 Å². The second-order valence-corrected chi connectivity index (χ2v) is 5.06. The summed E-state index contributed by atoms with van der Waals surface area (Å²) in [5.41, 5.74) is 2.77. The number of hydrogen-bond acceptors (Lipinski definition) is 2. The van der Waals surface area contributed by atoms with Crippen molar-refractivity contribution in [1.82, 2.24) is 10.6 Å². The first-order chi connectivity index (χ1) is 9.45. The van der Waals surface area contributed by atoms with E-state index in [4.69, 9.17) is 0 Å². The minimum absolute atomic E-state index is 0. The van der Waals surface area contributed by atoms with Crippen molar-refractivity contribution in [2.75, 3.05) is 19.6 Å². The van der Waals surface area contributed by atoms with Gasteiger partial charge in [0.05, 0.1) is 0 Å². The van der Waals surface area contributed by atoms with Crippen LogP contribution in [0, 0.1) is 0 Å². The molecule has 4 heteroatoms. The van der Waals surface area contributed by atoms with Gasteiger partial charge in [-0.25, -0.2) is 0 Å². The molecule has 1 saturated heterocycles. The molecule has 0 radical (unpaired) electrons. The van der Waals surface area contributed by atoms with Gasteiger partial charge in [0.2, 0.25) is 0 Å². The lowest BCUT2D eigenvalue weighted by Gasteiger charge is -2.32. The van der Waals surface area contributed by atoms with Crippen LogP contribution < -0.4 is 10.6 Å². The van der Waals surface area contributed by atoms with Gasteiger partial charge in [0.1, 0.15) is 0 Å². The summed E-state index contributed by atoms with van der Waals surface area (Å²) in [5.74, 6) is 0.412. The number of nitrogens with one attached hydrogen (secondary N) is 2. The van der Waals surface area contributed by atoms with E-state index in [0.717, 1.165) is 19.6 Å². The lowest BCUT2D eigenvalue weighted by Crippen LogP contribution is -2.51. The molecule has 3 rings (SSSR count). The van der Waals surface area contributed by atoms with Crippen molar-refractivity contribution in [2.45, 2.75) is 12.0 Å². The molecule has 0 aromatic heterocycles. The average molecular weight is 325 g/mol. The first kappa shape index (κ1) is 18.0. The van der Waals surface area contributed by atoms with Gasteiger partial charge >= 0.3 is 0 Å². The van der Waals surface area contributed by atoms with E-state index in [2.05, 4.69) is 71.3 Å². The molecule has 1 unspecified atom stereocenters. The highest BCUT2D eigenvalue weighted by atomic mass is 35.5. The third-order valence-corrected chi connectivity index (χ3v) is 3.79. The molecule has 0 spiro atoms. The van der Waals surface area contributed by atoms with Crippen LogP contribution in [-0.4, -0.2) is 25.7 Å². The molecule has 1 aliphatic heterocycles. The maximum Gasteiger partial charge on any atom is 0.0302 e. The molecular weight excluding hydrogens is 303 g/mol. The van der Waals surface area contributed by atoms with Gasteiger partial charge in [-0.3, -0.25) is 0 Å². The lowest BCUT2D eigenvalue weighted by molar-refractivity contribution is 0.389. The molecule has 114 valence electrons. The van der Waals surface area contributed by atoms with Crippen LogP contribution in [-0.2, 0) is 0 Å². The monoisotopic (exact) mass is 324 g/mol. The van der Waals surface area contributed by atoms with Gasteiger partial charge in [-0.1, -0.05) is 60.7 Å².